The summed E-state index contributed by atoms with van der Waals surface area (Å²) < 4.78 is 7.76. The highest BCUT2D eigenvalue weighted by Gasteiger charge is 2.31. The van der Waals surface area contributed by atoms with E-state index in [4.69, 9.17) is 4.42 Å². The molecule has 130 valence electrons. The highest BCUT2D eigenvalue weighted by molar-refractivity contribution is 5.31. The molecule has 0 spiro atoms. The fraction of sp³-hybridized carbons (Fsp3) is 0.421. The van der Waals surface area contributed by atoms with Gasteiger partial charge in [0.05, 0.1) is 12.2 Å². The van der Waals surface area contributed by atoms with Crippen molar-refractivity contribution < 1.29 is 4.42 Å². The van der Waals surface area contributed by atoms with Crippen LogP contribution in [-0.4, -0.2) is 24.9 Å². The Bertz CT molecular complexity index is 866. The SMILES string of the molecule is Cc1nnc([C@H]2Cc3ccccc3CN2Cc2cnn(C(C)C)c2)o1. The van der Waals surface area contributed by atoms with E-state index >= 15 is 0 Å². The Kier molecular flexibility index (Phi) is 4.13. The molecular weight excluding hydrogens is 314 g/mol. The molecule has 2 aromatic heterocycles. The van der Waals surface area contributed by atoms with E-state index in [0.717, 1.165) is 19.5 Å². The van der Waals surface area contributed by atoms with E-state index < -0.39 is 0 Å². The standard InChI is InChI=1S/C19H23N5O/c1-13(2)24-11-15(9-20-24)10-23-12-17-7-5-4-6-16(17)8-18(23)19-22-21-14(3)25-19/h4-7,9,11,13,18H,8,10,12H2,1-3H3/t18-/m1/s1. The number of fused-ring (bicyclic) bond motifs is 1. The van der Waals surface area contributed by atoms with E-state index in [9.17, 15) is 0 Å². The molecule has 1 aromatic carbocycles. The largest absolute Gasteiger partial charge is 0.424 e. The predicted molar refractivity (Wildman–Crippen MR) is 93.8 cm³/mol. The van der Waals surface area contributed by atoms with Crippen molar-refractivity contribution in [3.05, 3.63) is 65.1 Å². The van der Waals surface area contributed by atoms with Crippen molar-refractivity contribution in [1.29, 1.82) is 0 Å². The minimum absolute atomic E-state index is 0.0958. The molecule has 0 saturated heterocycles. The van der Waals surface area contributed by atoms with Gasteiger partial charge in [-0.2, -0.15) is 5.10 Å². The van der Waals surface area contributed by atoms with E-state index in [1.807, 2.05) is 17.8 Å². The molecule has 0 amide bonds. The van der Waals surface area contributed by atoms with Gasteiger partial charge in [-0.1, -0.05) is 24.3 Å². The van der Waals surface area contributed by atoms with Crippen LogP contribution in [0.25, 0.3) is 0 Å². The number of aromatic nitrogens is 4. The Hall–Kier alpha value is -2.47. The van der Waals surface area contributed by atoms with Crippen molar-refractivity contribution in [2.45, 2.75) is 52.4 Å². The number of hydrogen-bond acceptors (Lipinski definition) is 5. The van der Waals surface area contributed by atoms with Gasteiger partial charge in [-0.3, -0.25) is 9.58 Å². The lowest BCUT2D eigenvalue weighted by Gasteiger charge is -2.34. The van der Waals surface area contributed by atoms with Crippen molar-refractivity contribution in [3.63, 3.8) is 0 Å². The quantitative estimate of drug-likeness (QED) is 0.730. The summed E-state index contributed by atoms with van der Waals surface area (Å²) in [5.41, 5.74) is 3.93. The van der Waals surface area contributed by atoms with Crippen molar-refractivity contribution in [1.82, 2.24) is 24.9 Å². The molecule has 1 aliphatic rings. The van der Waals surface area contributed by atoms with Crippen LogP contribution in [0.2, 0.25) is 0 Å². The highest BCUT2D eigenvalue weighted by Crippen LogP contribution is 2.33. The average molecular weight is 337 g/mol. The second kappa shape index (κ2) is 6.44. The predicted octanol–water partition coefficient (Wildman–Crippen LogP) is 3.46. The maximum atomic E-state index is 5.76. The lowest BCUT2D eigenvalue weighted by Crippen LogP contribution is -2.34. The first-order valence-electron chi connectivity index (χ1n) is 8.74. The van der Waals surface area contributed by atoms with Gasteiger partial charge in [0.2, 0.25) is 11.8 Å². The van der Waals surface area contributed by atoms with Gasteiger partial charge in [0.25, 0.3) is 0 Å². The zero-order valence-electron chi connectivity index (χ0n) is 14.9. The van der Waals surface area contributed by atoms with Crippen LogP contribution in [0.5, 0.6) is 0 Å². The molecule has 3 heterocycles. The van der Waals surface area contributed by atoms with Crippen LogP contribution < -0.4 is 0 Å². The van der Waals surface area contributed by atoms with Crippen molar-refractivity contribution in [3.8, 4) is 0 Å². The second-order valence-corrected chi connectivity index (χ2v) is 6.98. The van der Waals surface area contributed by atoms with E-state index in [1.165, 1.54) is 16.7 Å². The maximum Gasteiger partial charge on any atom is 0.233 e. The molecule has 0 N–H and O–H groups in total. The van der Waals surface area contributed by atoms with Gasteiger partial charge < -0.3 is 4.42 Å². The fourth-order valence-electron chi connectivity index (χ4n) is 3.41. The number of hydrogen-bond donors (Lipinski definition) is 0. The Balaban J connectivity index is 1.64. The van der Waals surface area contributed by atoms with Crippen molar-refractivity contribution in [2.75, 3.05) is 0 Å². The van der Waals surface area contributed by atoms with Crippen molar-refractivity contribution >= 4 is 0 Å². The van der Waals surface area contributed by atoms with E-state index in [1.54, 1.807) is 0 Å². The summed E-state index contributed by atoms with van der Waals surface area (Å²) >= 11 is 0. The molecule has 0 unspecified atom stereocenters. The number of benzene rings is 1. The van der Waals surface area contributed by atoms with Gasteiger partial charge in [0.15, 0.2) is 0 Å². The molecule has 0 bridgehead atoms. The summed E-state index contributed by atoms with van der Waals surface area (Å²) in [7, 11) is 0. The number of aryl methyl sites for hydroxylation is 1. The Morgan fingerprint density at radius 3 is 2.68 bits per heavy atom. The lowest BCUT2D eigenvalue weighted by atomic mass is 9.93. The Morgan fingerprint density at radius 2 is 2.00 bits per heavy atom. The van der Waals surface area contributed by atoms with Crippen LogP contribution in [0.1, 0.15) is 54.4 Å². The zero-order valence-corrected chi connectivity index (χ0v) is 14.9. The second-order valence-electron chi connectivity index (χ2n) is 6.98. The average Bonchev–Trinajstić information content (AvgIpc) is 3.23. The number of rotatable bonds is 4. The van der Waals surface area contributed by atoms with Gasteiger partial charge in [-0.25, -0.2) is 0 Å². The third kappa shape index (κ3) is 3.22. The van der Waals surface area contributed by atoms with Crippen LogP contribution in [0.15, 0.2) is 41.1 Å². The minimum atomic E-state index is 0.0958. The Labute approximate surface area is 147 Å². The zero-order chi connectivity index (χ0) is 17.4. The molecule has 0 saturated carbocycles. The number of nitrogens with zero attached hydrogens (tertiary/aromatic N) is 5. The molecule has 1 aliphatic heterocycles. The molecule has 6 heteroatoms. The van der Waals surface area contributed by atoms with Crippen LogP contribution in [-0.2, 0) is 19.5 Å². The van der Waals surface area contributed by atoms with Gasteiger partial charge >= 0.3 is 0 Å². The molecule has 3 aromatic rings. The van der Waals surface area contributed by atoms with E-state index in [0.29, 0.717) is 17.8 Å². The first kappa shape index (κ1) is 16.0. The minimum Gasteiger partial charge on any atom is -0.424 e. The molecule has 1 atom stereocenters. The maximum absolute atomic E-state index is 5.76. The van der Waals surface area contributed by atoms with Crippen molar-refractivity contribution in [2.24, 2.45) is 0 Å². The first-order valence-corrected chi connectivity index (χ1v) is 8.74. The normalized spacial score (nSPS) is 17.8. The molecule has 4 rings (SSSR count). The van der Waals surface area contributed by atoms with Gasteiger partial charge in [0, 0.05) is 37.8 Å². The topological polar surface area (TPSA) is 60.0 Å². The van der Waals surface area contributed by atoms with Gasteiger partial charge in [0.1, 0.15) is 0 Å². The molecular formula is C19H23N5O. The summed E-state index contributed by atoms with van der Waals surface area (Å²) in [6, 6.07) is 9.06. The summed E-state index contributed by atoms with van der Waals surface area (Å²) in [4.78, 5) is 2.40. The molecule has 6 nitrogen and oxygen atoms in total. The van der Waals surface area contributed by atoms with Gasteiger partial charge in [-0.15, -0.1) is 10.2 Å². The van der Waals surface area contributed by atoms with E-state index in [2.05, 4.69) is 64.5 Å². The summed E-state index contributed by atoms with van der Waals surface area (Å²) in [5.74, 6) is 1.31. The highest BCUT2D eigenvalue weighted by atomic mass is 16.4. The van der Waals surface area contributed by atoms with Crippen LogP contribution >= 0.6 is 0 Å². The first-order chi connectivity index (χ1) is 12.1. The summed E-state index contributed by atoms with van der Waals surface area (Å²) in [6.45, 7) is 7.79. The summed E-state index contributed by atoms with van der Waals surface area (Å²) in [6.07, 6.45) is 4.97. The van der Waals surface area contributed by atoms with Gasteiger partial charge in [-0.05, 0) is 31.4 Å². The van der Waals surface area contributed by atoms with Crippen LogP contribution in [0.3, 0.4) is 0 Å². The smallest absolute Gasteiger partial charge is 0.233 e. The monoisotopic (exact) mass is 337 g/mol. The summed E-state index contributed by atoms with van der Waals surface area (Å²) in [5, 5.41) is 12.8. The third-order valence-electron chi connectivity index (χ3n) is 4.74. The lowest BCUT2D eigenvalue weighted by molar-refractivity contribution is 0.137. The van der Waals surface area contributed by atoms with E-state index in [-0.39, 0.29) is 6.04 Å². The molecule has 0 radical (unpaired) electrons. The van der Waals surface area contributed by atoms with Crippen LogP contribution in [0, 0.1) is 6.92 Å². The Morgan fingerprint density at radius 1 is 1.20 bits per heavy atom. The molecule has 25 heavy (non-hydrogen) atoms. The molecule has 0 fully saturated rings. The van der Waals surface area contributed by atoms with Crippen LogP contribution in [0.4, 0.5) is 0 Å². The fourth-order valence-corrected chi connectivity index (χ4v) is 3.41. The third-order valence-corrected chi connectivity index (χ3v) is 4.74. The molecule has 0 aliphatic carbocycles.